The minimum Gasteiger partial charge on any atom is -0.337 e. The van der Waals surface area contributed by atoms with Crippen LogP contribution in [0.5, 0.6) is 0 Å². The van der Waals surface area contributed by atoms with Crippen LogP contribution >= 0.6 is 11.6 Å². The molecule has 0 aliphatic heterocycles. The molecule has 0 aliphatic carbocycles. The molecule has 1 N–H and O–H groups in total. The second-order valence-corrected chi connectivity index (χ2v) is 9.32. The van der Waals surface area contributed by atoms with Crippen molar-refractivity contribution in [3.05, 3.63) is 76.1 Å². The SMILES string of the molecule is Cc1ccc(NS(=O)(=O)c2ccc(Cl)c(C(=O)N(C)Cc3cnn(C)c3)c2)cc1C. The quantitative estimate of drug-likeness (QED) is 0.624. The minimum atomic E-state index is -3.89. The van der Waals surface area contributed by atoms with Gasteiger partial charge in [0.15, 0.2) is 0 Å². The molecule has 0 fully saturated rings. The molecular weight excluding hydrogens is 424 g/mol. The summed E-state index contributed by atoms with van der Waals surface area (Å²) in [5, 5.41) is 4.27. The van der Waals surface area contributed by atoms with Gasteiger partial charge < -0.3 is 4.90 Å². The van der Waals surface area contributed by atoms with Crippen LogP contribution in [0, 0.1) is 13.8 Å². The average Bonchev–Trinajstić information content (AvgIpc) is 3.08. The van der Waals surface area contributed by atoms with Crippen molar-refractivity contribution in [1.29, 1.82) is 0 Å². The molecule has 1 aromatic heterocycles. The molecule has 0 bridgehead atoms. The van der Waals surface area contributed by atoms with Gasteiger partial charge in [-0.2, -0.15) is 5.10 Å². The molecule has 1 heterocycles. The smallest absolute Gasteiger partial charge is 0.261 e. The molecule has 3 rings (SSSR count). The van der Waals surface area contributed by atoms with Crippen molar-refractivity contribution in [2.75, 3.05) is 11.8 Å². The topological polar surface area (TPSA) is 84.3 Å². The molecule has 30 heavy (non-hydrogen) atoms. The maximum atomic E-state index is 12.9. The van der Waals surface area contributed by atoms with Crippen molar-refractivity contribution in [2.24, 2.45) is 7.05 Å². The van der Waals surface area contributed by atoms with Gasteiger partial charge in [0.2, 0.25) is 0 Å². The van der Waals surface area contributed by atoms with E-state index >= 15 is 0 Å². The standard InChI is InChI=1S/C21H23ClN4O3S/c1-14-5-6-17(9-15(14)2)24-30(28,29)18-7-8-20(22)19(10-18)21(27)25(3)12-16-11-23-26(4)13-16/h5-11,13,24H,12H2,1-4H3. The van der Waals surface area contributed by atoms with Gasteiger partial charge in [-0.05, 0) is 55.3 Å². The van der Waals surface area contributed by atoms with Crippen LogP contribution in [0.4, 0.5) is 5.69 Å². The number of hydrogen-bond donors (Lipinski definition) is 1. The molecule has 0 saturated heterocycles. The Balaban J connectivity index is 1.85. The Morgan fingerprint density at radius 2 is 1.90 bits per heavy atom. The van der Waals surface area contributed by atoms with Gasteiger partial charge in [0.05, 0.1) is 21.7 Å². The van der Waals surface area contributed by atoms with Crippen molar-refractivity contribution in [3.63, 3.8) is 0 Å². The highest BCUT2D eigenvalue weighted by molar-refractivity contribution is 7.92. The molecule has 1 amide bonds. The minimum absolute atomic E-state index is 0.0387. The maximum Gasteiger partial charge on any atom is 0.261 e. The van der Waals surface area contributed by atoms with E-state index in [4.69, 9.17) is 11.6 Å². The van der Waals surface area contributed by atoms with Crippen LogP contribution in [-0.2, 0) is 23.6 Å². The Labute approximate surface area is 181 Å². The lowest BCUT2D eigenvalue weighted by atomic mass is 10.1. The van der Waals surface area contributed by atoms with Gasteiger partial charge in [-0.25, -0.2) is 8.42 Å². The largest absolute Gasteiger partial charge is 0.337 e. The third-order valence-corrected chi connectivity index (χ3v) is 6.47. The highest BCUT2D eigenvalue weighted by Crippen LogP contribution is 2.25. The normalized spacial score (nSPS) is 11.4. The van der Waals surface area contributed by atoms with Crippen molar-refractivity contribution in [1.82, 2.24) is 14.7 Å². The van der Waals surface area contributed by atoms with Gasteiger partial charge in [0.25, 0.3) is 15.9 Å². The lowest BCUT2D eigenvalue weighted by molar-refractivity contribution is 0.0785. The monoisotopic (exact) mass is 446 g/mol. The number of hydrogen-bond acceptors (Lipinski definition) is 4. The zero-order chi connectivity index (χ0) is 22.1. The fourth-order valence-corrected chi connectivity index (χ4v) is 4.23. The first-order chi connectivity index (χ1) is 14.1. The maximum absolute atomic E-state index is 12.9. The van der Waals surface area contributed by atoms with Crippen LogP contribution in [0.25, 0.3) is 0 Å². The van der Waals surface area contributed by atoms with Crippen molar-refractivity contribution < 1.29 is 13.2 Å². The van der Waals surface area contributed by atoms with Crippen LogP contribution in [0.1, 0.15) is 27.0 Å². The molecule has 0 atom stereocenters. The van der Waals surface area contributed by atoms with Crippen molar-refractivity contribution in [2.45, 2.75) is 25.3 Å². The molecular formula is C21H23ClN4O3S. The van der Waals surface area contributed by atoms with E-state index < -0.39 is 10.0 Å². The van der Waals surface area contributed by atoms with E-state index in [1.165, 1.54) is 23.1 Å². The number of halogens is 1. The molecule has 7 nitrogen and oxygen atoms in total. The number of benzene rings is 2. The number of carbonyl (C=O) groups excluding carboxylic acids is 1. The number of sulfonamides is 1. The van der Waals surface area contributed by atoms with Crippen LogP contribution in [0.15, 0.2) is 53.7 Å². The number of aryl methyl sites for hydroxylation is 3. The van der Waals surface area contributed by atoms with Gasteiger partial charge >= 0.3 is 0 Å². The fraction of sp³-hybridized carbons (Fsp3) is 0.238. The highest BCUT2D eigenvalue weighted by atomic mass is 35.5. The van der Waals surface area contributed by atoms with Gasteiger partial charge in [-0.1, -0.05) is 17.7 Å². The number of nitrogens with zero attached hydrogens (tertiary/aromatic N) is 3. The first-order valence-corrected chi connectivity index (χ1v) is 11.1. The summed E-state index contributed by atoms with van der Waals surface area (Å²) in [4.78, 5) is 14.3. The van der Waals surface area contributed by atoms with E-state index in [0.717, 1.165) is 16.7 Å². The Hall–Kier alpha value is -2.84. The third kappa shape index (κ3) is 4.83. The molecule has 0 aliphatic rings. The third-order valence-electron chi connectivity index (χ3n) is 4.76. The number of aromatic nitrogens is 2. The molecule has 0 spiro atoms. The number of rotatable bonds is 6. The molecule has 0 radical (unpaired) electrons. The van der Waals surface area contributed by atoms with Gasteiger partial charge in [0.1, 0.15) is 0 Å². The van der Waals surface area contributed by atoms with Crippen molar-refractivity contribution >= 4 is 33.2 Å². The zero-order valence-electron chi connectivity index (χ0n) is 17.2. The molecule has 2 aromatic carbocycles. The number of amides is 1. The predicted octanol–water partition coefficient (Wildman–Crippen LogP) is 3.76. The van der Waals surface area contributed by atoms with E-state index in [1.807, 2.05) is 19.9 Å². The second-order valence-electron chi connectivity index (χ2n) is 7.23. The van der Waals surface area contributed by atoms with Crippen molar-refractivity contribution in [3.8, 4) is 0 Å². The van der Waals surface area contributed by atoms with Crippen LogP contribution in [0.2, 0.25) is 5.02 Å². The highest BCUT2D eigenvalue weighted by Gasteiger charge is 2.21. The van der Waals surface area contributed by atoms with Crippen LogP contribution in [-0.4, -0.2) is 36.1 Å². The fourth-order valence-electron chi connectivity index (χ4n) is 2.96. The van der Waals surface area contributed by atoms with Gasteiger partial charge in [-0.3, -0.25) is 14.2 Å². The number of carbonyl (C=O) groups is 1. The summed E-state index contributed by atoms with van der Waals surface area (Å²) in [6.45, 7) is 4.18. The zero-order valence-corrected chi connectivity index (χ0v) is 18.8. The van der Waals surface area contributed by atoms with E-state index in [0.29, 0.717) is 12.2 Å². The van der Waals surface area contributed by atoms with E-state index in [-0.39, 0.29) is 21.4 Å². The second kappa shape index (κ2) is 8.49. The summed E-state index contributed by atoms with van der Waals surface area (Å²) in [5.41, 5.74) is 3.46. The number of nitrogens with one attached hydrogen (secondary N) is 1. The van der Waals surface area contributed by atoms with Gasteiger partial charge in [0, 0.05) is 38.1 Å². The Morgan fingerprint density at radius 3 is 2.53 bits per heavy atom. The summed E-state index contributed by atoms with van der Waals surface area (Å²) in [6.07, 6.45) is 3.47. The summed E-state index contributed by atoms with van der Waals surface area (Å²) >= 11 is 6.21. The predicted molar refractivity (Wildman–Crippen MR) is 117 cm³/mol. The lowest BCUT2D eigenvalue weighted by Crippen LogP contribution is -2.26. The summed E-state index contributed by atoms with van der Waals surface area (Å²) < 4.78 is 29.9. The van der Waals surface area contributed by atoms with Crippen LogP contribution < -0.4 is 4.72 Å². The molecule has 158 valence electrons. The van der Waals surface area contributed by atoms with Gasteiger partial charge in [-0.15, -0.1) is 0 Å². The number of anilines is 1. The molecule has 3 aromatic rings. The Bertz CT molecular complexity index is 1200. The summed E-state index contributed by atoms with van der Waals surface area (Å²) in [7, 11) is -0.474. The average molecular weight is 447 g/mol. The summed E-state index contributed by atoms with van der Waals surface area (Å²) in [6, 6.07) is 9.40. The Morgan fingerprint density at radius 1 is 1.17 bits per heavy atom. The van der Waals surface area contributed by atoms with E-state index in [9.17, 15) is 13.2 Å². The van der Waals surface area contributed by atoms with Crippen LogP contribution in [0.3, 0.4) is 0 Å². The molecule has 0 unspecified atom stereocenters. The van der Waals surface area contributed by atoms with E-state index in [1.54, 1.807) is 43.3 Å². The Kier molecular flexibility index (Phi) is 6.19. The summed E-state index contributed by atoms with van der Waals surface area (Å²) in [5.74, 6) is -0.382. The molecule has 0 saturated carbocycles. The molecule has 9 heteroatoms. The lowest BCUT2D eigenvalue weighted by Gasteiger charge is -2.18. The van der Waals surface area contributed by atoms with E-state index in [2.05, 4.69) is 9.82 Å². The first kappa shape index (κ1) is 21.9. The first-order valence-electron chi connectivity index (χ1n) is 9.19.